The fraction of sp³-hybridized carbons (Fsp3) is 0.167. The average molecular weight is 408 g/mol. The van der Waals surface area contributed by atoms with Gasteiger partial charge in [-0.3, -0.25) is 14.2 Å². The highest BCUT2D eigenvalue weighted by atomic mass is 35.5. The smallest absolute Gasteiger partial charge is 0.261 e. The fourth-order valence-electron chi connectivity index (χ4n) is 2.41. The van der Waals surface area contributed by atoms with E-state index in [9.17, 15) is 9.59 Å². The third kappa shape index (κ3) is 4.38. The molecule has 3 rings (SSSR count). The summed E-state index contributed by atoms with van der Waals surface area (Å²) in [6.07, 6.45) is 0.261. The Labute approximate surface area is 164 Å². The van der Waals surface area contributed by atoms with Crippen molar-refractivity contribution in [3.63, 3.8) is 0 Å². The highest BCUT2D eigenvalue weighted by Crippen LogP contribution is 2.23. The molecule has 1 N–H and O–H groups in total. The monoisotopic (exact) mass is 407 g/mol. The molecule has 134 valence electrons. The number of rotatable bonds is 5. The zero-order chi connectivity index (χ0) is 18.7. The number of thioether (sulfide) groups is 1. The van der Waals surface area contributed by atoms with Crippen LogP contribution in [0.4, 0.5) is 5.69 Å². The number of carbonyl (C=O) groups is 1. The number of carbonyl (C=O) groups excluding carboxylic acids is 1. The normalized spacial score (nSPS) is 10.9. The molecule has 0 spiro atoms. The van der Waals surface area contributed by atoms with Crippen molar-refractivity contribution < 1.29 is 4.79 Å². The van der Waals surface area contributed by atoms with Crippen LogP contribution in [-0.2, 0) is 11.8 Å². The van der Waals surface area contributed by atoms with Crippen molar-refractivity contribution in [2.45, 2.75) is 11.6 Å². The van der Waals surface area contributed by atoms with Gasteiger partial charge < -0.3 is 5.32 Å². The second-order valence-electron chi connectivity index (χ2n) is 5.58. The lowest BCUT2D eigenvalue weighted by Gasteiger charge is -2.09. The predicted octanol–water partition coefficient (Wildman–Crippen LogP) is 4.36. The average Bonchev–Trinajstić information content (AvgIpc) is 2.58. The molecule has 0 aliphatic rings. The van der Waals surface area contributed by atoms with E-state index in [4.69, 9.17) is 23.2 Å². The second-order valence-corrected chi connectivity index (χ2v) is 7.52. The van der Waals surface area contributed by atoms with Crippen molar-refractivity contribution in [1.82, 2.24) is 9.55 Å². The minimum atomic E-state index is -0.165. The Morgan fingerprint density at radius 3 is 2.62 bits per heavy atom. The summed E-state index contributed by atoms with van der Waals surface area (Å²) in [6, 6.07) is 12.1. The molecule has 1 amide bonds. The van der Waals surface area contributed by atoms with Crippen molar-refractivity contribution in [3.8, 4) is 0 Å². The lowest BCUT2D eigenvalue weighted by Crippen LogP contribution is -2.20. The number of amides is 1. The van der Waals surface area contributed by atoms with E-state index >= 15 is 0 Å². The first-order valence-corrected chi connectivity index (χ1v) is 9.53. The summed E-state index contributed by atoms with van der Waals surface area (Å²) in [5.41, 5.74) is 1.10. The van der Waals surface area contributed by atoms with Gasteiger partial charge in [-0.2, -0.15) is 0 Å². The maximum absolute atomic E-state index is 12.4. The molecule has 0 unspecified atom stereocenters. The molecule has 26 heavy (non-hydrogen) atoms. The van der Waals surface area contributed by atoms with Crippen LogP contribution in [0.5, 0.6) is 0 Å². The lowest BCUT2D eigenvalue weighted by atomic mass is 10.2. The molecular formula is C18H15Cl2N3O2S. The van der Waals surface area contributed by atoms with Crippen LogP contribution in [0.2, 0.25) is 10.0 Å². The van der Waals surface area contributed by atoms with Gasteiger partial charge in [0, 0.05) is 35.0 Å². The number of para-hydroxylation sites is 1. The van der Waals surface area contributed by atoms with Gasteiger partial charge >= 0.3 is 0 Å². The van der Waals surface area contributed by atoms with Gasteiger partial charge in [-0.15, -0.1) is 0 Å². The van der Waals surface area contributed by atoms with Crippen LogP contribution in [0.15, 0.2) is 52.4 Å². The molecule has 0 bridgehead atoms. The summed E-state index contributed by atoms with van der Waals surface area (Å²) in [5.74, 6) is 0.320. The number of nitrogens with zero attached hydrogens (tertiary/aromatic N) is 2. The Balaban J connectivity index is 1.64. The van der Waals surface area contributed by atoms with E-state index in [0.717, 1.165) is 0 Å². The molecule has 0 aliphatic carbocycles. The summed E-state index contributed by atoms with van der Waals surface area (Å²) in [5, 5.41) is 4.82. The van der Waals surface area contributed by atoms with Crippen LogP contribution in [-0.4, -0.2) is 21.2 Å². The topological polar surface area (TPSA) is 64.0 Å². The van der Waals surface area contributed by atoms with Gasteiger partial charge in [-0.1, -0.05) is 47.1 Å². The maximum atomic E-state index is 12.4. The van der Waals surface area contributed by atoms with Crippen LogP contribution < -0.4 is 10.9 Å². The summed E-state index contributed by atoms with van der Waals surface area (Å²) < 4.78 is 1.50. The fourth-order valence-corrected chi connectivity index (χ4v) is 3.85. The van der Waals surface area contributed by atoms with Crippen molar-refractivity contribution in [2.75, 3.05) is 11.1 Å². The lowest BCUT2D eigenvalue weighted by molar-refractivity contribution is -0.115. The number of benzene rings is 2. The van der Waals surface area contributed by atoms with Gasteiger partial charge in [0.05, 0.1) is 10.9 Å². The Morgan fingerprint density at radius 2 is 1.88 bits per heavy atom. The van der Waals surface area contributed by atoms with Gasteiger partial charge in [0.15, 0.2) is 5.16 Å². The number of hydrogen-bond acceptors (Lipinski definition) is 4. The van der Waals surface area contributed by atoms with Crippen molar-refractivity contribution in [2.24, 2.45) is 7.05 Å². The Morgan fingerprint density at radius 1 is 1.19 bits per heavy atom. The number of aromatic nitrogens is 2. The summed E-state index contributed by atoms with van der Waals surface area (Å²) in [7, 11) is 1.68. The number of anilines is 1. The predicted molar refractivity (Wildman–Crippen MR) is 107 cm³/mol. The molecule has 0 saturated carbocycles. The Hall–Kier alpha value is -2.02. The largest absolute Gasteiger partial charge is 0.326 e. The van der Waals surface area contributed by atoms with E-state index in [-0.39, 0.29) is 17.9 Å². The summed E-state index contributed by atoms with van der Waals surface area (Å²) in [6.45, 7) is 0. The molecule has 2 aromatic carbocycles. The molecule has 0 fully saturated rings. The third-order valence-corrected chi connectivity index (χ3v) is 5.12. The molecule has 0 saturated heterocycles. The minimum Gasteiger partial charge on any atom is -0.326 e. The van der Waals surface area contributed by atoms with Crippen LogP contribution in [0, 0.1) is 0 Å². The molecule has 8 heteroatoms. The molecule has 0 aliphatic heterocycles. The first-order chi connectivity index (χ1) is 12.4. The van der Waals surface area contributed by atoms with Crippen LogP contribution in [0.25, 0.3) is 10.9 Å². The molecule has 0 atom stereocenters. The van der Waals surface area contributed by atoms with Gasteiger partial charge in [-0.25, -0.2) is 4.98 Å². The molecular weight excluding hydrogens is 393 g/mol. The Kier molecular flexibility index (Phi) is 5.86. The highest BCUT2D eigenvalue weighted by Gasteiger charge is 2.10. The van der Waals surface area contributed by atoms with Gasteiger partial charge in [0.1, 0.15) is 0 Å². The van der Waals surface area contributed by atoms with Crippen LogP contribution in [0.3, 0.4) is 0 Å². The maximum Gasteiger partial charge on any atom is 0.261 e. The van der Waals surface area contributed by atoms with Gasteiger partial charge in [0.25, 0.3) is 5.56 Å². The SMILES string of the molecule is Cn1c(SCCC(=O)Nc2cc(Cl)cc(Cl)c2)nc2ccccc2c1=O. The van der Waals surface area contributed by atoms with Crippen molar-refractivity contribution in [3.05, 3.63) is 62.9 Å². The van der Waals surface area contributed by atoms with E-state index in [2.05, 4.69) is 10.3 Å². The summed E-state index contributed by atoms with van der Waals surface area (Å²) in [4.78, 5) is 28.9. The van der Waals surface area contributed by atoms with Gasteiger partial charge in [0.2, 0.25) is 5.91 Å². The highest BCUT2D eigenvalue weighted by molar-refractivity contribution is 7.99. The quantitative estimate of drug-likeness (QED) is 0.503. The van der Waals surface area contributed by atoms with E-state index in [0.29, 0.717) is 37.5 Å². The first-order valence-electron chi connectivity index (χ1n) is 7.78. The molecule has 1 heterocycles. The molecule has 1 aromatic heterocycles. The van der Waals surface area contributed by atoms with E-state index in [1.165, 1.54) is 16.3 Å². The van der Waals surface area contributed by atoms with Gasteiger partial charge in [-0.05, 0) is 30.3 Å². The standard InChI is InChI=1S/C18H15Cl2N3O2S/c1-23-17(25)14-4-2-3-5-15(14)22-18(23)26-7-6-16(24)21-13-9-11(19)8-12(20)10-13/h2-5,8-10H,6-7H2,1H3,(H,21,24). The zero-order valence-electron chi connectivity index (χ0n) is 13.8. The number of hydrogen-bond donors (Lipinski definition) is 1. The van der Waals surface area contributed by atoms with Crippen molar-refractivity contribution in [1.29, 1.82) is 0 Å². The molecule has 0 radical (unpaired) electrons. The summed E-state index contributed by atoms with van der Waals surface area (Å²) >= 11 is 13.2. The third-order valence-electron chi connectivity index (χ3n) is 3.65. The van der Waals surface area contributed by atoms with Crippen molar-refractivity contribution >= 4 is 57.5 Å². The second kappa shape index (κ2) is 8.12. The number of halogens is 2. The molecule has 5 nitrogen and oxygen atoms in total. The van der Waals surface area contributed by atoms with E-state index in [1.54, 1.807) is 37.4 Å². The molecule has 3 aromatic rings. The number of fused-ring (bicyclic) bond motifs is 1. The van der Waals surface area contributed by atoms with E-state index in [1.807, 2.05) is 12.1 Å². The minimum absolute atomic E-state index is 0.101. The zero-order valence-corrected chi connectivity index (χ0v) is 16.2. The Bertz CT molecular complexity index is 1020. The van der Waals surface area contributed by atoms with E-state index < -0.39 is 0 Å². The first kappa shape index (κ1) is 18.8. The van der Waals surface area contributed by atoms with Crippen LogP contribution in [0.1, 0.15) is 6.42 Å². The number of nitrogens with one attached hydrogen (secondary N) is 1. The van der Waals surface area contributed by atoms with Crippen LogP contribution >= 0.6 is 35.0 Å².